The highest BCUT2D eigenvalue weighted by Gasteiger charge is 2.02. The van der Waals surface area contributed by atoms with Gasteiger partial charge in [0.05, 0.1) is 16.4 Å². The summed E-state index contributed by atoms with van der Waals surface area (Å²) in [6.45, 7) is 2.09. The van der Waals surface area contributed by atoms with Crippen molar-refractivity contribution in [3.63, 3.8) is 0 Å². The van der Waals surface area contributed by atoms with Crippen LogP contribution in [-0.4, -0.2) is 5.71 Å². The van der Waals surface area contributed by atoms with Gasteiger partial charge in [0.15, 0.2) is 0 Å². The first kappa shape index (κ1) is 17.5. The van der Waals surface area contributed by atoms with Gasteiger partial charge in [0.2, 0.25) is 0 Å². The van der Waals surface area contributed by atoms with Gasteiger partial charge in [-0.3, -0.25) is 0 Å². The zero-order valence-electron chi connectivity index (χ0n) is 13.9. The van der Waals surface area contributed by atoms with Gasteiger partial charge in [0.1, 0.15) is 0 Å². The van der Waals surface area contributed by atoms with Gasteiger partial charge in [0.25, 0.3) is 0 Å². The first-order valence-corrected chi connectivity index (χ1v) is 9.27. The monoisotopic (exact) mass is 363 g/mol. The molecule has 0 aliphatic carbocycles. The fraction of sp³-hybridized carbons (Fsp3) is 0.0455. The van der Waals surface area contributed by atoms with Crippen molar-refractivity contribution in [2.24, 2.45) is 4.99 Å². The molecule has 0 aliphatic rings. The Morgan fingerprint density at radius 2 is 1.68 bits per heavy atom. The molecule has 0 aliphatic heterocycles. The van der Waals surface area contributed by atoms with Gasteiger partial charge in [-0.05, 0) is 48.7 Å². The van der Waals surface area contributed by atoms with Gasteiger partial charge >= 0.3 is 0 Å². The molecule has 0 bridgehead atoms. The Morgan fingerprint density at radius 3 is 2.44 bits per heavy atom. The molecule has 0 amide bonds. The molecule has 0 saturated carbocycles. The Kier molecular flexibility index (Phi) is 6.10. The number of hydrogen-bond donors (Lipinski definition) is 0. The van der Waals surface area contributed by atoms with Crippen LogP contribution >= 0.6 is 23.4 Å². The summed E-state index contributed by atoms with van der Waals surface area (Å²) >= 11 is 7.81. The number of para-hydroxylation sites is 1. The van der Waals surface area contributed by atoms with Crippen molar-refractivity contribution in [3.8, 4) is 0 Å². The average Bonchev–Trinajstić information content (AvgIpc) is 2.63. The molecule has 0 unspecified atom stereocenters. The number of rotatable bonds is 5. The van der Waals surface area contributed by atoms with Crippen LogP contribution in [0.3, 0.4) is 0 Å². The first-order valence-electron chi connectivity index (χ1n) is 8.01. The van der Waals surface area contributed by atoms with Crippen LogP contribution in [0.25, 0.3) is 0 Å². The van der Waals surface area contributed by atoms with Gasteiger partial charge in [0, 0.05) is 10.5 Å². The third kappa shape index (κ3) is 5.09. The highest BCUT2D eigenvalue weighted by atomic mass is 35.5. The molecule has 3 rings (SSSR count). The van der Waals surface area contributed by atoms with Gasteiger partial charge in [-0.1, -0.05) is 77.5 Å². The van der Waals surface area contributed by atoms with Crippen LogP contribution in [0.15, 0.2) is 100 Å². The summed E-state index contributed by atoms with van der Waals surface area (Å²) in [5.41, 5.74) is 4.17. The fourth-order valence-electron chi connectivity index (χ4n) is 2.36. The van der Waals surface area contributed by atoms with Crippen LogP contribution in [-0.2, 0) is 0 Å². The van der Waals surface area contributed by atoms with E-state index in [0.29, 0.717) is 0 Å². The van der Waals surface area contributed by atoms with Crippen molar-refractivity contribution < 1.29 is 0 Å². The van der Waals surface area contributed by atoms with E-state index in [1.165, 1.54) is 5.56 Å². The van der Waals surface area contributed by atoms with Crippen LogP contribution in [0.5, 0.6) is 0 Å². The van der Waals surface area contributed by atoms with E-state index in [1.54, 1.807) is 11.8 Å². The highest BCUT2D eigenvalue weighted by molar-refractivity contribution is 8.02. The molecule has 124 valence electrons. The lowest BCUT2D eigenvalue weighted by molar-refractivity contribution is 1.44. The van der Waals surface area contributed by atoms with Crippen molar-refractivity contribution in [1.82, 2.24) is 0 Å². The molecule has 0 spiro atoms. The number of aliphatic imine (C=N–C) groups is 1. The molecule has 0 saturated heterocycles. The fourth-order valence-corrected chi connectivity index (χ4v) is 3.31. The first-order chi connectivity index (χ1) is 12.2. The van der Waals surface area contributed by atoms with Crippen LogP contribution in [0.4, 0.5) is 5.69 Å². The third-order valence-electron chi connectivity index (χ3n) is 3.58. The molecule has 0 aromatic heterocycles. The van der Waals surface area contributed by atoms with E-state index in [1.807, 2.05) is 66.1 Å². The number of benzene rings is 3. The molecular formula is C22H18ClNS. The number of nitrogens with zero attached hydrogens (tertiary/aromatic N) is 1. The molecule has 0 heterocycles. The summed E-state index contributed by atoms with van der Waals surface area (Å²) < 4.78 is 0. The van der Waals surface area contributed by atoms with E-state index in [9.17, 15) is 0 Å². The third-order valence-corrected chi connectivity index (χ3v) is 4.90. The molecule has 1 nitrogen and oxygen atoms in total. The van der Waals surface area contributed by atoms with Crippen LogP contribution in [0.2, 0.25) is 5.02 Å². The lowest BCUT2D eigenvalue weighted by Crippen LogP contribution is -1.96. The number of hydrogen-bond acceptors (Lipinski definition) is 2. The molecule has 0 atom stereocenters. The predicted molar refractivity (Wildman–Crippen MR) is 110 cm³/mol. The Labute approximate surface area is 158 Å². The van der Waals surface area contributed by atoms with Crippen molar-refractivity contribution in [2.75, 3.05) is 0 Å². The minimum Gasteiger partial charge on any atom is -0.248 e. The second kappa shape index (κ2) is 8.70. The highest BCUT2D eigenvalue weighted by Crippen LogP contribution is 2.27. The summed E-state index contributed by atoms with van der Waals surface area (Å²) in [6, 6.07) is 26.2. The molecule has 0 N–H and O–H groups in total. The van der Waals surface area contributed by atoms with E-state index in [2.05, 4.69) is 31.2 Å². The minimum absolute atomic E-state index is 0.759. The Balaban J connectivity index is 1.90. The van der Waals surface area contributed by atoms with Gasteiger partial charge in [-0.15, -0.1) is 0 Å². The summed E-state index contributed by atoms with van der Waals surface area (Å²) in [6.07, 6.45) is 2.04. The number of aryl methyl sites for hydroxylation is 1. The summed E-state index contributed by atoms with van der Waals surface area (Å²) in [7, 11) is 0. The maximum Gasteiger partial charge on any atom is 0.0714 e. The van der Waals surface area contributed by atoms with E-state index >= 15 is 0 Å². The molecule has 3 heteroatoms. The topological polar surface area (TPSA) is 12.4 Å². The van der Waals surface area contributed by atoms with Crippen LogP contribution in [0, 0.1) is 6.92 Å². The normalized spacial score (nSPS) is 11.8. The molecule has 3 aromatic rings. The Morgan fingerprint density at radius 1 is 0.920 bits per heavy atom. The van der Waals surface area contributed by atoms with Crippen molar-refractivity contribution in [2.45, 2.75) is 11.8 Å². The predicted octanol–water partition coefficient (Wildman–Crippen LogP) is 7.08. The Bertz CT molecular complexity index is 901. The van der Waals surface area contributed by atoms with Crippen molar-refractivity contribution in [1.29, 1.82) is 0 Å². The number of thioether (sulfide) groups is 1. The van der Waals surface area contributed by atoms with Crippen molar-refractivity contribution in [3.05, 3.63) is 106 Å². The maximum atomic E-state index is 6.22. The quantitative estimate of drug-likeness (QED) is 0.348. The van der Waals surface area contributed by atoms with Crippen LogP contribution in [0.1, 0.15) is 11.1 Å². The average molecular weight is 364 g/mol. The van der Waals surface area contributed by atoms with Gasteiger partial charge in [-0.25, -0.2) is 4.99 Å². The molecule has 25 heavy (non-hydrogen) atoms. The Hall–Kier alpha value is -2.29. The van der Waals surface area contributed by atoms with E-state index in [-0.39, 0.29) is 0 Å². The summed E-state index contributed by atoms with van der Waals surface area (Å²) in [5, 5.41) is 2.79. The van der Waals surface area contributed by atoms with Crippen molar-refractivity contribution >= 4 is 34.8 Å². The minimum atomic E-state index is 0.759. The zero-order valence-corrected chi connectivity index (χ0v) is 15.5. The standard InChI is InChI=1S/C22H18ClNS/c1-17-8-7-9-18(16-17)21(24-19-10-3-2-4-11-19)14-15-25-22-13-6-5-12-20(22)23/h2-16H,1H3. The number of allylic oxidation sites excluding steroid dienone is 1. The molecule has 3 aromatic carbocycles. The van der Waals surface area contributed by atoms with Gasteiger partial charge in [-0.2, -0.15) is 0 Å². The largest absolute Gasteiger partial charge is 0.248 e. The number of halogens is 1. The smallest absolute Gasteiger partial charge is 0.0714 e. The lowest BCUT2D eigenvalue weighted by Gasteiger charge is -2.04. The van der Waals surface area contributed by atoms with Gasteiger partial charge < -0.3 is 0 Å². The SMILES string of the molecule is Cc1cccc(C(C=CSc2ccccc2Cl)=Nc2ccccc2)c1. The molecular weight excluding hydrogens is 346 g/mol. The molecule has 0 radical (unpaired) electrons. The maximum absolute atomic E-state index is 6.22. The molecule has 0 fully saturated rings. The second-order valence-corrected chi connectivity index (χ2v) is 6.91. The zero-order chi connectivity index (χ0) is 17.5. The summed E-state index contributed by atoms with van der Waals surface area (Å²) in [4.78, 5) is 5.84. The second-order valence-electron chi connectivity index (χ2n) is 5.55. The van der Waals surface area contributed by atoms with Crippen LogP contribution < -0.4 is 0 Å². The van der Waals surface area contributed by atoms with E-state index < -0.39 is 0 Å². The summed E-state index contributed by atoms with van der Waals surface area (Å²) in [5.74, 6) is 0. The van der Waals surface area contributed by atoms with E-state index in [0.717, 1.165) is 26.9 Å². The van der Waals surface area contributed by atoms with E-state index in [4.69, 9.17) is 16.6 Å². The lowest BCUT2D eigenvalue weighted by atomic mass is 10.1.